The van der Waals surface area contributed by atoms with E-state index in [4.69, 9.17) is 10.0 Å². The van der Waals surface area contributed by atoms with Crippen LogP contribution in [0, 0.1) is 0 Å². The van der Waals surface area contributed by atoms with Gasteiger partial charge in [0.15, 0.2) is 0 Å². The van der Waals surface area contributed by atoms with Crippen LogP contribution in [0.3, 0.4) is 0 Å². The van der Waals surface area contributed by atoms with Crippen LogP contribution in [0.15, 0.2) is 60.7 Å². The van der Waals surface area contributed by atoms with Crippen molar-refractivity contribution in [2.75, 3.05) is 6.44 Å². The van der Waals surface area contributed by atoms with Gasteiger partial charge in [-0.05, 0) is 11.1 Å². The largest absolute Gasteiger partial charge is 0.466 e. The number of nitrogens with one attached hydrogen (secondary N) is 1. The Morgan fingerprint density at radius 3 is 1.90 bits per heavy atom. The molecule has 0 spiro atoms. The molecule has 2 aromatic carbocycles. The molecule has 3 N–H and O–H groups in total. The Labute approximate surface area is 120 Å². The van der Waals surface area contributed by atoms with E-state index in [1.807, 2.05) is 36.4 Å². The second-order valence-corrected chi connectivity index (χ2v) is 4.98. The summed E-state index contributed by atoms with van der Waals surface area (Å²) in [6.45, 7) is 2.14. The third kappa shape index (κ3) is 3.94. The molecule has 104 valence electrons. The second-order valence-electron chi connectivity index (χ2n) is 4.98. The minimum Gasteiger partial charge on any atom is -0.426 e. The van der Waals surface area contributed by atoms with Crippen molar-refractivity contribution in [2.45, 2.75) is 18.9 Å². The lowest BCUT2D eigenvalue weighted by Gasteiger charge is -2.26. The fourth-order valence-corrected chi connectivity index (χ4v) is 2.43. The predicted octanol–water partition coefficient (Wildman–Crippen LogP) is 2.13. The fraction of sp³-hybridized carbons (Fsp3) is 0.250. The standard InChI is InChI=1S/C16H20BNO2/c1-13(14-8-4-2-5-9-14)16(18-12-17(19)20)15-10-6-3-7-11-15/h2-11,13,16,18-20H,12H2,1H3/t13-,16+/m0/s1. The van der Waals surface area contributed by atoms with Crippen LogP contribution >= 0.6 is 0 Å². The summed E-state index contributed by atoms with van der Waals surface area (Å²) in [5, 5.41) is 21.4. The number of hydrogen-bond donors (Lipinski definition) is 3. The third-order valence-electron chi connectivity index (χ3n) is 3.50. The third-order valence-corrected chi connectivity index (χ3v) is 3.50. The highest BCUT2D eigenvalue weighted by Gasteiger charge is 2.21. The zero-order valence-electron chi connectivity index (χ0n) is 11.6. The first kappa shape index (κ1) is 14.8. The van der Waals surface area contributed by atoms with Crippen LogP contribution in [0.1, 0.15) is 30.0 Å². The van der Waals surface area contributed by atoms with Gasteiger partial charge in [0, 0.05) is 18.4 Å². The average molecular weight is 269 g/mol. The zero-order valence-corrected chi connectivity index (χ0v) is 11.6. The van der Waals surface area contributed by atoms with Crippen LogP contribution in [0.25, 0.3) is 0 Å². The van der Waals surface area contributed by atoms with Gasteiger partial charge in [-0.3, -0.25) is 0 Å². The van der Waals surface area contributed by atoms with Crippen molar-refractivity contribution >= 4 is 7.12 Å². The zero-order chi connectivity index (χ0) is 14.4. The van der Waals surface area contributed by atoms with E-state index in [-0.39, 0.29) is 18.4 Å². The highest BCUT2D eigenvalue weighted by molar-refractivity contribution is 6.41. The molecule has 0 aliphatic carbocycles. The van der Waals surface area contributed by atoms with Gasteiger partial charge in [-0.25, -0.2) is 0 Å². The molecule has 0 aliphatic rings. The van der Waals surface area contributed by atoms with Gasteiger partial charge in [-0.15, -0.1) is 0 Å². The van der Waals surface area contributed by atoms with Gasteiger partial charge in [0.05, 0.1) is 0 Å². The van der Waals surface area contributed by atoms with E-state index in [1.165, 1.54) is 5.56 Å². The van der Waals surface area contributed by atoms with Crippen LogP contribution in [0.4, 0.5) is 0 Å². The van der Waals surface area contributed by atoms with Gasteiger partial charge in [0.25, 0.3) is 0 Å². The molecule has 0 heterocycles. The quantitative estimate of drug-likeness (QED) is 0.704. The minimum atomic E-state index is -1.34. The second kappa shape index (κ2) is 7.24. The summed E-state index contributed by atoms with van der Waals surface area (Å²) in [7, 11) is -1.34. The lowest BCUT2D eigenvalue weighted by Crippen LogP contribution is -2.35. The van der Waals surface area contributed by atoms with Crippen LogP contribution in [0.2, 0.25) is 0 Å². The molecule has 0 fully saturated rings. The molecule has 2 atom stereocenters. The molecule has 0 unspecified atom stereocenters. The normalized spacial score (nSPS) is 13.8. The SMILES string of the molecule is C[C@@H](c1ccccc1)[C@@H](NCB(O)O)c1ccccc1. The van der Waals surface area contributed by atoms with Gasteiger partial charge in [-0.2, -0.15) is 0 Å². The van der Waals surface area contributed by atoms with Crippen molar-refractivity contribution < 1.29 is 10.0 Å². The molecule has 0 aliphatic heterocycles. The van der Waals surface area contributed by atoms with Crippen molar-refractivity contribution in [1.82, 2.24) is 5.32 Å². The fourth-order valence-electron chi connectivity index (χ4n) is 2.43. The monoisotopic (exact) mass is 269 g/mol. The summed E-state index contributed by atoms with van der Waals surface area (Å²) in [6.07, 6.45) is 0.150. The summed E-state index contributed by atoms with van der Waals surface area (Å²) >= 11 is 0. The maximum atomic E-state index is 9.09. The summed E-state index contributed by atoms with van der Waals surface area (Å²) in [6, 6.07) is 20.4. The maximum absolute atomic E-state index is 9.09. The van der Waals surface area contributed by atoms with E-state index >= 15 is 0 Å². The van der Waals surface area contributed by atoms with E-state index in [2.05, 4.69) is 36.5 Å². The smallest absolute Gasteiger partial charge is 0.426 e. The Bertz CT molecular complexity index is 504. The van der Waals surface area contributed by atoms with Crippen LogP contribution in [0.5, 0.6) is 0 Å². The van der Waals surface area contributed by atoms with Crippen LogP contribution < -0.4 is 5.32 Å². The molecule has 2 aromatic rings. The first-order valence-corrected chi connectivity index (χ1v) is 6.88. The molecule has 0 saturated heterocycles. The van der Waals surface area contributed by atoms with Crippen molar-refractivity contribution in [3.8, 4) is 0 Å². The van der Waals surface area contributed by atoms with Crippen molar-refractivity contribution in [2.24, 2.45) is 0 Å². The minimum absolute atomic E-state index is 0.0420. The molecular formula is C16H20BNO2. The summed E-state index contributed by atoms with van der Waals surface area (Å²) in [4.78, 5) is 0. The predicted molar refractivity (Wildman–Crippen MR) is 82.2 cm³/mol. The van der Waals surface area contributed by atoms with Crippen LogP contribution in [-0.2, 0) is 0 Å². The lowest BCUT2D eigenvalue weighted by atomic mass is 9.85. The van der Waals surface area contributed by atoms with Crippen LogP contribution in [-0.4, -0.2) is 23.6 Å². The molecule has 4 heteroatoms. The Morgan fingerprint density at radius 2 is 1.40 bits per heavy atom. The van der Waals surface area contributed by atoms with Gasteiger partial charge in [0.1, 0.15) is 0 Å². The van der Waals surface area contributed by atoms with Gasteiger partial charge < -0.3 is 15.4 Å². The first-order chi connectivity index (χ1) is 9.68. The molecule has 20 heavy (non-hydrogen) atoms. The molecule has 2 rings (SSSR count). The van der Waals surface area contributed by atoms with E-state index in [9.17, 15) is 0 Å². The van der Waals surface area contributed by atoms with E-state index in [0.29, 0.717) is 0 Å². The number of rotatable bonds is 6. The Morgan fingerprint density at radius 1 is 0.900 bits per heavy atom. The number of hydrogen-bond acceptors (Lipinski definition) is 3. The molecule has 0 radical (unpaired) electrons. The molecule has 0 bridgehead atoms. The Hall–Kier alpha value is -1.62. The lowest BCUT2D eigenvalue weighted by molar-refractivity contribution is 0.385. The summed E-state index contributed by atoms with van der Waals surface area (Å²) in [5.41, 5.74) is 2.37. The average Bonchev–Trinajstić information content (AvgIpc) is 2.49. The van der Waals surface area contributed by atoms with Crippen molar-refractivity contribution in [3.05, 3.63) is 71.8 Å². The maximum Gasteiger partial charge on any atom is 0.466 e. The highest BCUT2D eigenvalue weighted by atomic mass is 16.4. The van der Waals surface area contributed by atoms with Gasteiger partial charge >= 0.3 is 7.12 Å². The topological polar surface area (TPSA) is 52.5 Å². The Kier molecular flexibility index (Phi) is 5.36. The first-order valence-electron chi connectivity index (χ1n) is 6.88. The van der Waals surface area contributed by atoms with Crippen molar-refractivity contribution in [1.29, 1.82) is 0 Å². The molecule has 0 amide bonds. The summed E-state index contributed by atoms with van der Waals surface area (Å²) < 4.78 is 0. The van der Waals surface area contributed by atoms with Gasteiger partial charge in [0.2, 0.25) is 0 Å². The molecular weight excluding hydrogens is 249 g/mol. The summed E-state index contributed by atoms with van der Waals surface area (Å²) in [5.74, 6) is 0.234. The van der Waals surface area contributed by atoms with E-state index in [0.717, 1.165) is 5.56 Å². The Balaban J connectivity index is 2.22. The molecule has 0 saturated carbocycles. The molecule has 0 aromatic heterocycles. The number of benzene rings is 2. The van der Waals surface area contributed by atoms with E-state index in [1.54, 1.807) is 0 Å². The highest BCUT2D eigenvalue weighted by Crippen LogP contribution is 2.30. The van der Waals surface area contributed by atoms with Crippen molar-refractivity contribution in [3.63, 3.8) is 0 Å². The van der Waals surface area contributed by atoms with Gasteiger partial charge in [-0.1, -0.05) is 67.6 Å². The molecule has 3 nitrogen and oxygen atoms in total. The van der Waals surface area contributed by atoms with E-state index < -0.39 is 7.12 Å².